The van der Waals surface area contributed by atoms with E-state index in [1.807, 2.05) is 67.6 Å². The van der Waals surface area contributed by atoms with Gasteiger partial charge in [0.15, 0.2) is 0 Å². The van der Waals surface area contributed by atoms with Crippen molar-refractivity contribution in [2.45, 2.75) is 32.4 Å². The maximum Gasteiger partial charge on any atom is 0.330 e. The minimum absolute atomic E-state index is 0.126. The van der Waals surface area contributed by atoms with Crippen molar-refractivity contribution in [3.8, 4) is 0 Å². The summed E-state index contributed by atoms with van der Waals surface area (Å²) in [6.45, 7) is 2.68. The van der Waals surface area contributed by atoms with E-state index in [1.165, 1.54) is 11.7 Å². The highest BCUT2D eigenvalue weighted by molar-refractivity contribution is 5.97. The Morgan fingerprint density at radius 2 is 1.72 bits per heavy atom. The Bertz CT molecular complexity index is 1140. The standard InChI is InChI=1S/C24H28N4O4/c1-3-19(18-12-8-5-9-13-18)22(29)26-21-20(25-16-17-10-6-4-7-11-17)23(30)27-24(31)28(21)14-15-32-2/h4-13,19,25H,3,14-16H2,1-2H3,(H,26,29)(H,27,30,31). The number of nitrogens with one attached hydrogen (secondary N) is 3. The summed E-state index contributed by atoms with van der Waals surface area (Å²) in [6, 6.07) is 19.0. The second kappa shape index (κ2) is 11.1. The molecule has 3 aromatic rings. The molecule has 0 saturated heterocycles. The lowest BCUT2D eigenvalue weighted by molar-refractivity contribution is -0.117. The molecule has 0 aliphatic heterocycles. The number of methoxy groups -OCH3 is 1. The smallest absolute Gasteiger partial charge is 0.330 e. The molecule has 3 rings (SSSR count). The highest BCUT2D eigenvalue weighted by Crippen LogP contribution is 2.23. The van der Waals surface area contributed by atoms with Crippen molar-refractivity contribution < 1.29 is 9.53 Å². The number of carbonyl (C=O) groups excluding carboxylic acids is 1. The summed E-state index contributed by atoms with van der Waals surface area (Å²) in [5.74, 6) is -0.591. The summed E-state index contributed by atoms with van der Waals surface area (Å²) in [6.07, 6.45) is 0.564. The molecule has 0 bridgehead atoms. The van der Waals surface area contributed by atoms with Crippen LogP contribution in [0.3, 0.4) is 0 Å². The number of aromatic nitrogens is 2. The van der Waals surface area contributed by atoms with Crippen molar-refractivity contribution in [3.63, 3.8) is 0 Å². The third-order valence-electron chi connectivity index (χ3n) is 5.20. The van der Waals surface area contributed by atoms with Gasteiger partial charge in [-0.05, 0) is 17.5 Å². The first-order valence-electron chi connectivity index (χ1n) is 10.5. The van der Waals surface area contributed by atoms with Crippen LogP contribution in [0.1, 0.15) is 30.4 Å². The van der Waals surface area contributed by atoms with E-state index in [4.69, 9.17) is 4.74 Å². The van der Waals surface area contributed by atoms with Gasteiger partial charge in [-0.15, -0.1) is 0 Å². The average Bonchev–Trinajstić information content (AvgIpc) is 2.80. The van der Waals surface area contributed by atoms with Crippen LogP contribution in [-0.2, 0) is 22.6 Å². The van der Waals surface area contributed by atoms with Gasteiger partial charge in [0.05, 0.1) is 19.1 Å². The molecule has 0 spiro atoms. The normalized spacial score (nSPS) is 11.7. The fourth-order valence-electron chi connectivity index (χ4n) is 3.51. The van der Waals surface area contributed by atoms with E-state index < -0.39 is 17.2 Å². The van der Waals surface area contributed by atoms with E-state index in [9.17, 15) is 14.4 Å². The van der Waals surface area contributed by atoms with Crippen LogP contribution >= 0.6 is 0 Å². The summed E-state index contributed by atoms with van der Waals surface area (Å²) < 4.78 is 6.43. The fraction of sp³-hybridized carbons (Fsp3) is 0.292. The first-order chi connectivity index (χ1) is 15.5. The lowest BCUT2D eigenvalue weighted by atomic mass is 9.96. The number of rotatable bonds is 10. The SMILES string of the molecule is CCC(C(=O)Nc1c(NCc2ccccc2)c(=O)[nH]c(=O)n1CCOC)c1ccccc1. The topological polar surface area (TPSA) is 105 Å². The molecule has 1 heterocycles. The average molecular weight is 437 g/mol. The molecule has 0 radical (unpaired) electrons. The number of hydrogen-bond acceptors (Lipinski definition) is 5. The van der Waals surface area contributed by atoms with E-state index >= 15 is 0 Å². The van der Waals surface area contributed by atoms with Crippen LogP contribution in [0.4, 0.5) is 11.5 Å². The summed E-state index contributed by atoms with van der Waals surface area (Å²) in [4.78, 5) is 40.8. The van der Waals surface area contributed by atoms with E-state index in [0.717, 1.165) is 11.1 Å². The van der Waals surface area contributed by atoms with Crippen LogP contribution in [0.2, 0.25) is 0 Å². The molecule has 3 N–H and O–H groups in total. The van der Waals surface area contributed by atoms with Gasteiger partial charge in [-0.1, -0.05) is 67.6 Å². The molecule has 0 saturated carbocycles. The molecule has 0 fully saturated rings. The predicted octanol–water partition coefficient (Wildman–Crippen LogP) is 2.93. The zero-order valence-electron chi connectivity index (χ0n) is 18.3. The zero-order chi connectivity index (χ0) is 22.9. The second-order valence-corrected chi connectivity index (χ2v) is 7.33. The van der Waals surface area contributed by atoms with Crippen LogP contribution in [0.5, 0.6) is 0 Å². The Labute approximate surface area is 186 Å². The third-order valence-corrected chi connectivity index (χ3v) is 5.20. The lowest BCUT2D eigenvalue weighted by Crippen LogP contribution is -2.37. The molecular formula is C24H28N4O4. The molecule has 8 heteroatoms. The number of anilines is 2. The van der Waals surface area contributed by atoms with Crippen molar-refractivity contribution in [2.24, 2.45) is 0 Å². The molecule has 1 atom stereocenters. The molecule has 168 valence electrons. The lowest BCUT2D eigenvalue weighted by Gasteiger charge is -2.20. The molecule has 0 aliphatic carbocycles. The van der Waals surface area contributed by atoms with E-state index in [2.05, 4.69) is 15.6 Å². The van der Waals surface area contributed by atoms with Gasteiger partial charge in [0, 0.05) is 13.7 Å². The van der Waals surface area contributed by atoms with Gasteiger partial charge in [-0.25, -0.2) is 4.79 Å². The number of carbonyl (C=O) groups is 1. The summed E-state index contributed by atoms with van der Waals surface area (Å²) in [7, 11) is 1.52. The highest BCUT2D eigenvalue weighted by atomic mass is 16.5. The highest BCUT2D eigenvalue weighted by Gasteiger charge is 2.23. The summed E-state index contributed by atoms with van der Waals surface area (Å²) in [5.41, 5.74) is 0.736. The molecule has 32 heavy (non-hydrogen) atoms. The number of H-pyrrole nitrogens is 1. The van der Waals surface area contributed by atoms with Gasteiger partial charge >= 0.3 is 5.69 Å². The van der Waals surface area contributed by atoms with E-state index in [1.54, 1.807) is 0 Å². The number of aromatic amines is 1. The van der Waals surface area contributed by atoms with Crippen LogP contribution in [0.15, 0.2) is 70.3 Å². The van der Waals surface area contributed by atoms with Crippen LogP contribution in [0, 0.1) is 0 Å². The molecule has 2 aromatic carbocycles. The van der Waals surface area contributed by atoms with Gasteiger partial charge in [0.25, 0.3) is 5.56 Å². The van der Waals surface area contributed by atoms with Gasteiger partial charge in [-0.2, -0.15) is 0 Å². The number of amides is 1. The van der Waals surface area contributed by atoms with Gasteiger partial charge in [-0.3, -0.25) is 19.1 Å². The predicted molar refractivity (Wildman–Crippen MR) is 125 cm³/mol. The number of benzene rings is 2. The minimum Gasteiger partial charge on any atom is -0.383 e. The molecule has 1 amide bonds. The van der Waals surface area contributed by atoms with Gasteiger partial charge in [0.1, 0.15) is 11.5 Å². The third kappa shape index (κ3) is 5.53. The molecular weight excluding hydrogens is 408 g/mol. The van der Waals surface area contributed by atoms with E-state index in [0.29, 0.717) is 13.0 Å². The zero-order valence-corrected chi connectivity index (χ0v) is 18.3. The van der Waals surface area contributed by atoms with Crippen molar-refractivity contribution >= 4 is 17.4 Å². The largest absolute Gasteiger partial charge is 0.383 e. The minimum atomic E-state index is -0.611. The Kier molecular flexibility index (Phi) is 7.99. The Morgan fingerprint density at radius 1 is 1.06 bits per heavy atom. The maximum absolute atomic E-state index is 13.2. The number of nitrogens with zero attached hydrogens (tertiary/aromatic N) is 1. The van der Waals surface area contributed by atoms with Crippen LogP contribution in [0.25, 0.3) is 0 Å². The Hall–Kier alpha value is -3.65. The first-order valence-corrected chi connectivity index (χ1v) is 10.5. The maximum atomic E-state index is 13.2. The van der Waals surface area contributed by atoms with Gasteiger partial charge < -0.3 is 15.4 Å². The van der Waals surface area contributed by atoms with Gasteiger partial charge in [0.2, 0.25) is 5.91 Å². The quantitative estimate of drug-likeness (QED) is 0.453. The van der Waals surface area contributed by atoms with Crippen molar-refractivity contribution in [1.29, 1.82) is 0 Å². The first kappa shape index (κ1) is 23.0. The summed E-state index contributed by atoms with van der Waals surface area (Å²) in [5, 5.41) is 5.93. The monoisotopic (exact) mass is 436 g/mol. The number of ether oxygens (including phenoxy) is 1. The molecule has 1 unspecified atom stereocenters. The molecule has 1 aromatic heterocycles. The van der Waals surface area contributed by atoms with Crippen molar-refractivity contribution in [1.82, 2.24) is 9.55 Å². The summed E-state index contributed by atoms with van der Waals surface area (Å²) >= 11 is 0. The van der Waals surface area contributed by atoms with Crippen molar-refractivity contribution in [3.05, 3.63) is 92.6 Å². The fourth-order valence-corrected chi connectivity index (χ4v) is 3.51. The Morgan fingerprint density at radius 3 is 2.34 bits per heavy atom. The van der Waals surface area contributed by atoms with Crippen molar-refractivity contribution in [2.75, 3.05) is 24.4 Å². The van der Waals surface area contributed by atoms with Crippen LogP contribution < -0.4 is 21.9 Å². The Balaban J connectivity index is 1.99. The number of hydrogen-bond donors (Lipinski definition) is 3. The molecule has 8 nitrogen and oxygen atoms in total. The second-order valence-electron chi connectivity index (χ2n) is 7.33. The van der Waals surface area contributed by atoms with E-state index in [-0.39, 0.29) is 30.6 Å². The van der Waals surface area contributed by atoms with Crippen LogP contribution in [-0.4, -0.2) is 29.2 Å². The molecule has 0 aliphatic rings.